The van der Waals surface area contributed by atoms with E-state index in [9.17, 15) is 26.7 Å². The molecular formula is C12H13F5N2O3. The van der Waals surface area contributed by atoms with Crippen LogP contribution in [0.15, 0.2) is 6.20 Å². The van der Waals surface area contributed by atoms with Gasteiger partial charge in [-0.1, -0.05) is 0 Å². The van der Waals surface area contributed by atoms with Gasteiger partial charge >= 0.3 is 12.3 Å². The summed E-state index contributed by atoms with van der Waals surface area (Å²) in [5.41, 5.74) is 3.57. The summed E-state index contributed by atoms with van der Waals surface area (Å²) < 4.78 is 71.2. The Hall–Kier alpha value is -1.97. The lowest BCUT2D eigenvalue weighted by atomic mass is 10.0. The first-order valence-corrected chi connectivity index (χ1v) is 6.09. The molecule has 0 amide bonds. The van der Waals surface area contributed by atoms with Crippen LogP contribution in [-0.4, -0.2) is 23.9 Å². The van der Waals surface area contributed by atoms with Crippen LogP contribution in [0.5, 0.6) is 5.88 Å². The molecule has 1 heterocycles. The number of esters is 1. The Morgan fingerprint density at radius 2 is 2.05 bits per heavy atom. The minimum absolute atomic E-state index is 0.0370. The first-order chi connectivity index (χ1) is 10.2. The van der Waals surface area contributed by atoms with Crippen molar-refractivity contribution in [3.63, 3.8) is 0 Å². The lowest BCUT2D eigenvalue weighted by molar-refractivity contribution is -0.276. The number of nitrogens with two attached hydrogens (primary N) is 1. The van der Waals surface area contributed by atoms with Gasteiger partial charge in [-0.2, -0.15) is 0 Å². The van der Waals surface area contributed by atoms with Crippen LogP contribution in [0.2, 0.25) is 0 Å². The molecular weight excluding hydrogens is 315 g/mol. The predicted octanol–water partition coefficient (Wildman–Crippen LogP) is 2.48. The molecule has 124 valence electrons. The lowest BCUT2D eigenvalue weighted by Gasteiger charge is -2.17. The number of carbonyl (C=O) groups excluding carboxylic acids is 1. The molecule has 0 bridgehead atoms. The van der Waals surface area contributed by atoms with Crippen molar-refractivity contribution in [2.45, 2.75) is 32.7 Å². The van der Waals surface area contributed by atoms with E-state index in [0.29, 0.717) is 0 Å². The highest BCUT2D eigenvalue weighted by Gasteiger charge is 2.34. The molecule has 0 unspecified atom stereocenters. The molecule has 0 spiro atoms. The Balaban J connectivity index is 3.28. The molecule has 0 saturated heterocycles. The quantitative estimate of drug-likeness (QED) is 0.641. The van der Waals surface area contributed by atoms with Crippen LogP contribution >= 0.6 is 0 Å². The second-order valence-corrected chi connectivity index (χ2v) is 4.02. The van der Waals surface area contributed by atoms with E-state index in [4.69, 9.17) is 5.73 Å². The van der Waals surface area contributed by atoms with Crippen molar-refractivity contribution in [1.29, 1.82) is 0 Å². The van der Waals surface area contributed by atoms with E-state index in [-0.39, 0.29) is 12.2 Å². The van der Waals surface area contributed by atoms with Crippen molar-refractivity contribution < 1.29 is 36.2 Å². The van der Waals surface area contributed by atoms with Crippen molar-refractivity contribution in [2.24, 2.45) is 5.73 Å². The summed E-state index contributed by atoms with van der Waals surface area (Å²) in [7, 11) is 0. The number of carbonyl (C=O) groups is 1. The minimum atomic E-state index is -5.10. The first-order valence-electron chi connectivity index (χ1n) is 6.09. The number of hydrogen-bond donors (Lipinski definition) is 1. The van der Waals surface area contributed by atoms with E-state index in [0.717, 1.165) is 6.20 Å². The van der Waals surface area contributed by atoms with E-state index >= 15 is 0 Å². The average Bonchev–Trinajstić information content (AvgIpc) is 2.38. The largest absolute Gasteiger partial charge is 0.574 e. The number of pyridine rings is 1. The van der Waals surface area contributed by atoms with Crippen molar-refractivity contribution in [3.8, 4) is 5.88 Å². The van der Waals surface area contributed by atoms with Gasteiger partial charge in [0.05, 0.1) is 13.0 Å². The summed E-state index contributed by atoms with van der Waals surface area (Å²) in [6, 6.07) is 0. The fraction of sp³-hybridized carbons (Fsp3) is 0.500. The normalized spacial score (nSPS) is 11.6. The predicted molar refractivity (Wildman–Crippen MR) is 64.1 cm³/mol. The van der Waals surface area contributed by atoms with Crippen molar-refractivity contribution in [1.82, 2.24) is 4.98 Å². The van der Waals surface area contributed by atoms with E-state index in [1.165, 1.54) is 6.92 Å². The van der Waals surface area contributed by atoms with Gasteiger partial charge in [0.15, 0.2) is 0 Å². The van der Waals surface area contributed by atoms with Crippen molar-refractivity contribution in [3.05, 3.63) is 22.9 Å². The Morgan fingerprint density at radius 1 is 1.41 bits per heavy atom. The summed E-state index contributed by atoms with van der Waals surface area (Å²) in [5, 5.41) is 0. The summed E-state index contributed by atoms with van der Waals surface area (Å²) >= 11 is 0. The molecule has 0 atom stereocenters. The number of rotatable bonds is 6. The highest BCUT2D eigenvalue weighted by molar-refractivity contribution is 5.73. The van der Waals surface area contributed by atoms with Gasteiger partial charge in [-0.3, -0.25) is 4.79 Å². The molecule has 0 aromatic carbocycles. The summed E-state index contributed by atoms with van der Waals surface area (Å²) in [4.78, 5) is 14.7. The van der Waals surface area contributed by atoms with Crippen molar-refractivity contribution >= 4 is 5.97 Å². The molecule has 0 saturated carbocycles. The van der Waals surface area contributed by atoms with Crippen LogP contribution in [0.25, 0.3) is 0 Å². The first kappa shape index (κ1) is 18.1. The smallest absolute Gasteiger partial charge is 0.466 e. The van der Waals surface area contributed by atoms with Gasteiger partial charge in [0.25, 0.3) is 6.43 Å². The number of alkyl halides is 5. The molecule has 1 aromatic heterocycles. The van der Waals surface area contributed by atoms with Gasteiger partial charge in [0.1, 0.15) is 0 Å². The number of ether oxygens (including phenoxy) is 2. The highest BCUT2D eigenvalue weighted by atomic mass is 19.4. The Kier molecular flexibility index (Phi) is 6.03. The molecule has 0 aliphatic carbocycles. The molecule has 0 fully saturated rings. The Morgan fingerprint density at radius 3 is 2.50 bits per heavy atom. The van der Waals surface area contributed by atoms with Crippen LogP contribution in [-0.2, 0) is 22.5 Å². The molecule has 1 aromatic rings. The number of hydrogen-bond acceptors (Lipinski definition) is 5. The fourth-order valence-electron chi connectivity index (χ4n) is 1.77. The SMILES string of the molecule is CCOC(=O)Cc1cnc(OC(F)(F)F)c(CN)c1C(F)F. The number of halogens is 5. The highest BCUT2D eigenvalue weighted by Crippen LogP contribution is 2.34. The summed E-state index contributed by atoms with van der Waals surface area (Å²) in [6.07, 6.45) is -8.08. The Labute approximate surface area is 122 Å². The lowest BCUT2D eigenvalue weighted by Crippen LogP contribution is -2.21. The van der Waals surface area contributed by atoms with Crippen LogP contribution in [0.4, 0.5) is 22.0 Å². The fourth-order valence-corrected chi connectivity index (χ4v) is 1.77. The van der Waals surface area contributed by atoms with Crippen LogP contribution in [0.1, 0.15) is 30.0 Å². The number of aromatic nitrogens is 1. The van der Waals surface area contributed by atoms with Gasteiger partial charge in [-0.25, -0.2) is 13.8 Å². The number of nitrogens with zero attached hydrogens (tertiary/aromatic N) is 1. The zero-order valence-corrected chi connectivity index (χ0v) is 11.4. The maximum absolute atomic E-state index is 13.2. The summed E-state index contributed by atoms with van der Waals surface area (Å²) in [5.74, 6) is -1.86. The second kappa shape index (κ2) is 7.34. The third kappa shape index (κ3) is 4.79. The topological polar surface area (TPSA) is 74.4 Å². The summed E-state index contributed by atoms with van der Waals surface area (Å²) in [6.45, 7) is 0.903. The molecule has 1 rings (SSSR count). The van der Waals surface area contributed by atoms with E-state index in [1.807, 2.05) is 0 Å². The average molecular weight is 328 g/mol. The molecule has 2 N–H and O–H groups in total. The van der Waals surface area contributed by atoms with Crippen LogP contribution < -0.4 is 10.5 Å². The van der Waals surface area contributed by atoms with Gasteiger partial charge in [-0.15, -0.1) is 13.2 Å². The minimum Gasteiger partial charge on any atom is -0.466 e. The maximum atomic E-state index is 13.2. The standard InChI is InChI=1S/C12H13F5N2O3/c1-2-21-8(20)3-6-5-19-11(22-12(15,16)17)7(4-18)9(6)10(13)14/h5,10H,2-4,18H2,1H3. The molecule has 10 heteroatoms. The molecule has 0 aliphatic heterocycles. The van der Waals surface area contributed by atoms with Gasteiger partial charge in [-0.05, 0) is 12.5 Å². The third-order valence-corrected chi connectivity index (χ3v) is 2.54. The van der Waals surface area contributed by atoms with E-state index in [1.54, 1.807) is 0 Å². The van der Waals surface area contributed by atoms with Crippen LogP contribution in [0.3, 0.4) is 0 Å². The zero-order chi connectivity index (χ0) is 16.9. The molecule has 0 aliphatic rings. The molecule has 5 nitrogen and oxygen atoms in total. The van der Waals surface area contributed by atoms with Crippen molar-refractivity contribution in [2.75, 3.05) is 6.61 Å². The van der Waals surface area contributed by atoms with E-state index < -0.39 is 48.7 Å². The zero-order valence-electron chi connectivity index (χ0n) is 11.4. The van der Waals surface area contributed by atoms with Gasteiger partial charge < -0.3 is 15.2 Å². The Bertz CT molecular complexity index is 534. The molecule has 22 heavy (non-hydrogen) atoms. The van der Waals surface area contributed by atoms with Gasteiger partial charge in [0, 0.05) is 23.9 Å². The monoisotopic (exact) mass is 328 g/mol. The molecule has 0 radical (unpaired) electrons. The third-order valence-electron chi connectivity index (χ3n) is 2.54. The second-order valence-electron chi connectivity index (χ2n) is 4.02. The van der Waals surface area contributed by atoms with Crippen LogP contribution in [0, 0.1) is 0 Å². The maximum Gasteiger partial charge on any atom is 0.574 e. The van der Waals surface area contributed by atoms with Gasteiger partial charge in [0.2, 0.25) is 5.88 Å². The van der Waals surface area contributed by atoms with E-state index in [2.05, 4.69) is 14.5 Å².